The summed E-state index contributed by atoms with van der Waals surface area (Å²) in [4.78, 5) is 1.97. The predicted octanol–water partition coefficient (Wildman–Crippen LogP) is 2.89. The zero-order chi connectivity index (χ0) is 14.4. The zero-order valence-corrected chi connectivity index (χ0v) is 11.3. The Morgan fingerprint density at radius 1 is 1.05 bits per heavy atom. The summed E-state index contributed by atoms with van der Waals surface area (Å²) < 4.78 is 13.9. The van der Waals surface area contributed by atoms with Crippen LogP contribution in [0, 0.1) is 5.82 Å². The second-order valence-electron chi connectivity index (χ2n) is 4.68. The highest BCUT2D eigenvalue weighted by Crippen LogP contribution is 2.22. The molecule has 0 spiro atoms. The molecule has 3 N–H and O–H groups in total. The second kappa shape index (κ2) is 6.91. The number of phenols is 1. The van der Waals surface area contributed by atoms with Crippen LogP contribution in [0.15, 0.2) is 48.5 Å². The average Bonchev–Trinajstić information content (AvgIpc) is 2.46. The summed E-state index contributed by atoms with van der Waals surface area (Å²) >= 11 is 0. The van der Waals surface area contributed by atoms with E-state index in [1.54, 1.807) is 24.3 Å². The lowest BCUT2D eigenvalue weighted by Crippen LogP contribution is -2.26. The zero-order valence-electron chi connectivity index (χ0n) is 11.3. The Labute approximate surface area is 118 Å². The molecule has 0 heterocycles. The van der Waals surface area contributed by atoms with Crippen LogP contribution in [0.25, 0.3) is 0 Å². The quantitative estimate of drug-likeness (QED) is 0.851. The first kappa shape index (κ1) is 14.3. The Morgan fingerprint density at radius 3 is 2.40 bits per heavy atom. The van der Waals surface area contributed by atoms with Crippen molar-refractivity contribution in [3.05, 3.63) is 59.9 Å². The minimum Gasteiger partial charge on any atom is -0.508 e. The maximum atomic E-state index is 13.9. The molecule has 2 rings (SSSR count). The minimum absolute atomic E-state index is 0.230. The van der Waals surface area contributed by atoms with E-state index in [9.17, 15) is 9.50 Å². The lowest BCUT2D eigenvalue weighted by atomic mass is 10.1. The van der Waals surface area contributed by atoms with E-state index in [0.29, 0.717) is 25.3 Å². The van der Waals surface area contributed by atoms with E-state index >= 15 is 0 Å². The summed E-state index contributed by atoms with van der Waals surface area (Å²) in [5.74, 6) is -0.00329. The van der Waals surface area contributed by atoms with E-state index in [4.69, 9.17) is 5.73 Å². The molecule has 0 aliphatic heterocycles. The number of hydrogen-bond donors (Lipinski definition) is 2. The van der Waals surface area contributed by atoms with Crippen LogP contribution in [0.1, 0.15) is 12.0 Å². The Kier molecular flexibility index (Phi) is 4.96. The van der Waals surface area contributed by atoms with Crippen molar-refractivity contribution in [2.24, 2.45) is 5.73 Å². The van der Waals surface area contributed by atoms with Crippen LogP contribution in [0.4, 0.5) is 10.1 Å². The molecule has 3 nitrogen and oxygen atoms in total. The van der Waals surface area contributed by atoms with Crippen molar-refractivity contribution in [1.29, 1.82) is 0 Å². The van der Waals surface area contributed by atoms with Gasteiger partial charge in [-0.15, -0.1) is 0 Å². The van der Waals surface area contributed by atoms with Gasteiger partial charge in [0.2, 0.25) is 0 Å². The number of anilines is 1. The summed E-state index contributed by atoms with van der Waals surface area (Å²) in [7, 11) is 0. The van der Waals surface area contributed by atoms with Crippen LogP contribution in [-0.2, 0) is 6.54 Å². The highest BCUT2D eigenvalue weighted by molar-refractivity contribution is 5.48. The van der Waals surface area contributed by atoms with Crippen LogP contribution in [0.5, 0.6) is 5.75 Å². The van der Waals surface area contributed by atoms with Crippen molar-refractivity contribution in [3.8, 4) is 5.75 Å². The summed E-state index contributed by atoms with van der Waals surface area (Å²) in [5.41, 5.74) is 7.15. The van der Waals surface area contributed by atoms with Gasteiger partial charge in [-0.05, 0) is 42.8 Å². The monoisotopic (exact) mass is 274 g/mol. The Morgan fingerprint density at radius 2 is 1.75 bits per heavy atom. The first-order chi connectivity index (χ1) is 9.70. The van der Waals surface area contributed by atoms with Crippen molar-refractivity contribution in [1.82, 2.24) is 0 Å². The fourth-order valence-corrected chi connectivity index (χ4v) is 2.10. The topological polar surface area (TPSA) is 49.5 Å². The van der Waals surface area contributed by atoms with E-state index in [1.165, 1.54) is 6.07 Å². The van der Waals surface area contributed by atoms with Crippen LogP contribution in [0.3, 0.4) is 0 Å². The lowest BCUT2D eigenvalue weighted by molar-refractivity contribution is 0.475. The molecule has 0 bridgehead atoms. The van der Waals surface area contributed by atoms with Gasteiger partial charge < -0.3 is 15.7 Å². The molecular formula is C16H19FN2O. The predicted molar refractivity (Wildman–Crippen MR) is 79.2 cm³/mol. The molecule has 4 heteroatoms. The van der Waals surface area contributed by atoms with E-state index in [2.05, 4.69) is 0 Å². The van der Waals surface area contributed by atoms with Crippen molar-refractivity contribution in [3.63, 3.8) is 0 Å². The smallest absolute Gasteiger partial charge is 0.146 e. The molecule has 2 aromatic carbocycles. The maximum Gasteiger partial charge on any atom is 0.146 e. The minimum atomic E-state index is -0.233. The lowest BCUT2D eigenvalue weighted by Gasteiger charge is -2.25. The molecule has 20 heavy (non-hydrogen) atoms. The van der Waals surface area contributed by atoms with Gasteiger partial charge in [0.25, 0.3) is 0 Å². The number of aromatic hydroxyl groups is 1. The Hall–Kier alpha value is -2.07. The molecule has 106 valence electrons. The van der Waals surface area contributed by atoms with Crippen molar-refractivity contribution >= 4 is 5.69 Å². The molecule has 0 radical (unpaired) electrons. The third-order valence-corrected chi connectivity index (χ3v) is 3.14. The van der Waals surface area contributed by atoms with Gasteiger partial charge in [-0.25, -0.2) is 4.39 Å². The molecule has 0 aliphatic rings. The highest BCUT2D eigenvalue weighted by atomic mass is 19.1. The number of rotatable bonds is 6. The van der Waals surface area contributed by atoms with E-state index in [0.717, 1.165) is 12.0 Å². The molecule has 0 aromatic heterocycles. The van der Waals surface area contributed by atoms with E-state index in [1.807, 2.05) is 23.1 Å². The molecule has 2 aromatic rings. The third kappa shape index (κ3) is 3.71. The Balaban J connectivity index is 2.19. The highest BCUT2D eigenvalue weighted by Gasteiger charge is 2.11. The van der Waals surface area contributed by atoms with Crippen LogP contribution in [-0.4, -0.2) is 18.2 Å². The van der Waals surface area contributed by atoms with Gasteiger partial charge in [0.1, 0.15) is 11.6 Å². The fraction of sp³-hybridized carbons (Fsp3) is 0.250. The van der Waals surface area contributed by atoms with Gasteiger partial charge in [-0.3, -0.25) is 0 Å². The first-order valence-corrected chi connectivity index (χ1v) is 6.68. The first-order valence-electron chi connectivity index (χ1n) is 6.68. The maximum absolute atomic E-state index is 13.9. The van der Waals surface area contributed by atoms with Gasteiger partial charge in [-0.1, -0.05) is 24.3 Å². The van der Waals surface area contributed by atoms with Crippen molar-refractivity contribution in [2.75, 3.05) is 18.0 Å². The van der Waals surface area contributed by atoms with Gasteiger partial charge in [0, 0.05) is 13.1 Å². The number of phenolic OH excluding ortho intramolecular Hbond substituents is 1. The standard InChI is InChI=1S/C16H19FN2O/c17-15-4-1-2-5-16(15)19(11-3-10-18)12-13-6-8-14(20)9-7-13/h1-2,4-9,20H,3,10-12,18H2. The molecule has 0 unspecified atom stereocenters. The van der Waals surface area contributed by atoms with Gasteiger partial charge in [0.15, 0.2) is 0 Å². The van der Waals surface area contributed by atoms with E-state index in [-0.39, 0.29) is 11.6 Å². The summed E-state index contributed by atoms with van der Waals surface area (Å²) in [5, 5.41) is 9.30. The molecule has 0 saturated heterocycles. The summed E-state index contributed by atoms with van der Waals surface area (Å²) in [6, 6.07) is 13.7. The molecular weight excluding hydrogens is 255 g/mol. The number of hydrogen-bond acceptors (Lipinski definition) is 3. The summed E-state index contributed by atoms with van der Waals surface area (Å²) in [6.45, 7) is 1.85. The molecule has 0 amide bonds. The van der Waals surface area contributed by atoms with Gasteiger partial charge >= 0.3 is 0 Å². The van der Waals surface area contributed by atoms with Crippen LogP contribution in [0.2, 0.25) is 0 Å². The largest absolute Gasteiger partial charge is 0.508 e. The van der Waals surface area contributed by atoms with Gasteiger partial charge in [-0.2, -0.15) is 0 Å². The van der Waals surface area contributed by atoms with Crippen LogP contribution >= 0.6 is 0 Å². The Bertz CT molecular complexity index is 542. The fourth-order valence-electron chi connectivity index (χ4n) is 2.10. The summed E-state index contributed by atoms with van der Waals surface area (Å²) in [6.07, 6.45) is 0.798. The molecule has 0 atom stereocenters. The SMILES string of the molecule is NCCCN(Cc1ccc(O)cc1)c1ccccc1F. The normalized spacial score (nSPS) is 10.5. The number of halogens is 1. The molecule has 0 aliphatic carbocycles. The number of benzene rings is 2. The average molecular weight is 274 g/mol. The van der Waals surface area contributed by atoms with Crippen LogP contribution < -0.4 is 10.6 Å². The van der Waals surface area contributed by atoms with Crippen molar-refractivity contribution in [2.45, 2.75) is 13.0 Å². The van der Waals surface area contributed by atoms with E-state index < -0.39 is 0 Å². The number of para-hydroxylation sites is 1. The second-order valence-corrected chi connectivity index (χ2v) is 4.68. The number of nitrogens with two attached hydrogens (primary N) is 1. The molecule has 0 saturated carbocycles. The van der Waals surface area contributed by atoms with Gasteiger partial charge in [0.05, 0.1) is 5.69 Å². The molecule has 0 fully saturated rings. The third-order valence-electron chi connectivity index (χ3n) is 3.14. The van der Waals surface area contributed by atoms with Crippen molar-refractivity contribution < 1.29 is 9.50 Å². The number of nitrogens with zero attached hydrogens (tertiary/aromatic N) is 1.